The summed E-state index contributed by atoms with van der Waals surface area (Å²) in [5.74, 6) is -3.35. The molecule has 21 nitrogen and oxygen atoms in total. The number of hydrogen-bond donors (Lipinski definition) is 6. The Hall–Kier alpha value is -4.56. The number of imidazole rings is 1. The molecule has 6 aromatic rings. The van der Waals surface area contributed by atoms with Crippen molar-refractivity contribution in [3.05, 3.63) is 142 Å². The van der Waals surface area contributed by atoms with Gasteiger partial charge in [0.1, 0.15) is 36.0 Å². The van der Waals surface area contributed by atoms with Gasteiger partial charge in [0.2, 0.25) is 5.79 Å². The summed E-state index contributed by atoms with van der Waals surface area (Å²) < 4.78 is 51.1. The number of ether oxygens (including phenoxy) is 2. The van der Waals surface area contributed by atoms with Crippen LogP contribution < -0.4 is 26.9 Å². The van der Waals surface area contributed by atoms with E-state index in [2.05, 4.69) is 46.0 Å². The van der Waals surface area contributed by atoms with Crippen molar-refractivity contribution in [2.75, 3.05) is 11.9 Å². The minimum atomic E-state index is -5.13. The average Bonchev–Trinajstić information content (AvgIpc) is 1.71. The van der Waals surface area contributed by atoms with Crippen LogP contribution in [0.1, 0.15) is 106 Å². The molecule has 2 fully saturated rings. The molecule has 3 aromatic carbocycles. The minimum absolute atomic E-state index is 0.0283. The first-order chi connectivity index (χ1) is 40.0. The van der Waals surface area contributed by atoms with Crippen molar-refractivity contribution in [2.24, 2.45) is 0 Å². The largest absolute Gasteiger partial charge is 0.408 e. The van der Waals surface area contributed by atoms with E-state index >= 15 is 0 Å². The van der Waals surface area contributed by atoms with Gasteiger partial charge >= 0.3 is 12.4 Å². The highest BCUT2D eigenvalue weighted by Crippen LogP contribution is 2.60. The summed E-state index contributed by atoms with van der Waals surface area (Å²) >= 11 is 5.96. The molecule has 5 heterocycles. The number of aliphatic hydroxyl groups is 3. The molecule has 87 heavy (non-hydrogen) atoms. The maximum absolute atomic E-state index is 14.1. The Kier molecular flexibility index (Phi) is 19.0. The number of fused-ring (bicyclic) bond motifs is 1. The fraction of sp³-hybridized carbons (Fsp3) is 0.533. The SMILES string of the molecule is CC(C)(C)[Si](C)(C)O[C@@H]1[C@@H](CO[Si](c2ccccc2)(c2ccccc2)C(C)(C)C)O[C@@H](n2cnc3c(NC(=O)c4ccccc4)ncnc32)[C@@]1(O)OP(O)(=S)OC(O)[C@H]1O[C@@H](n2ccc(=O)[nH]c2=O)[C@@](O)([Si](C)(C)C(C)(C)C)[C@@H]1O[Si](C)(C)C(C)(C)C. The first-order valence-electron chi connectivity index (χ1n) is 29.2. The molecular formula is C60H88N7O14PSSi4. The quantitative estimate of drug-likeness (QED) is 0.0251. The number of carbonyl (C=O) groups excluding carboxylic acids is 1. The normalized spacial score (nSPS) is 24.7. The Bertz CT molecular complexity index is 3560. The monoisotopic (exact) mass is 1310 g/mol. The smallest absolute Gasteiger partial charge is 0.330 e. The van der Waals surface area contributed by atoms with Crippen LogP contribution in [0.3, 0.4) is 0 Å². The van der Waals surface area contributed by atoms with Crippen LogP contribution in [0.2, 0.25) is 59.4 Å². The maximum Gasteiger partial charge on any atom is 0.330 e. The van der Waals surface area contributed by atoms with E-state index in [1.807, 2.05) is 162 Å². The van der Waals surface area contributed by atoms with Crippen molar-refractivity contribution < 1.29 is 56.8 Å². The third kappa shape index (κ3) is 12.9. The fourth-order valence-corrected chi connectivity index (χ4v) is 22.8. The molecule has 6 N–H and O–H groups in total. The molecule has 3 aromatic heterocycles. The third-order valence-electron chi connectivity index (χ3n) is 18.8. The highest BCUT2D eigenvalue weighted by molar-refractivity contribution is 8.07. The topological polar surface area (TPSA) is 273 Å². The van der Waals surface area contributed by atoms with Crippen LogP contribution in [0, 0.1) is 0 Å². The first kappa shape index (κ1) is 68.3. The average molecular weight is 1310 g/mol. The van der Waals surface area contributed by atoms with Crippen LogP contribution in [-0.4, -0.2) is 137 Å². The zero-order chi connectivity index (χ0) is 64.5. The van der Waals surface area contributed by atoms with Crippen molar-refractivity contribution in [1.29, 1.82) is 0 Å². The third-order valence-corrected chi connectivity index (χ3v) is 40.5. The Morgan fingerprint density at radius 2 is 1.25 bits per heavy atom. The Labute approximate surface area is 518 Å². The number of carbonyl (C=O) groups is 1. The van der Waals surface area contributed by atoms with Crippen molar-refractivity contribution in [3.8, 4) is 0 Å². The van der Waals surface area contributed by atoms with E-state index in [-0.39, 0.29) is 23.6 Å². The molecule has 0 spiro atoms. The summed E-state index contributed by atoms with van der Waals surface area (Å²) in [4.78, 5) is 68.8. The lowest BCUT2D eigenvalue weighted by atomic mass is 10.1. The molecule has 0 saturated carbocycles. The van der Waals surface area contributed by atoms with Crippen LogP contribution in [0.15, 0.2) is 126 Å². The number of benzene rings is 3. The van der Waals surface area contributed by atoms with Gasteiger partial charge in [0.05, 0.1) is 21.0 Å². The summed E-state index contributed by atoms with van der Waals surface area (Å²) in [6.07, 6.45) is -7.99. The van der Waals surface area contributed by atoms with Crippen molar-refractivity contribution in [2.45, 2.75) is 197 Å². The molecular weight excluding hydrogens is 1220 g/mol. The van der Waals surface area contributed by atoms with Crippen molar-refractivity contribution >= 4 is 84.8 Å². The Morgan fingerprint density at radius 3 is 1.76 bits per heavy atom. The van der Waals surface area contributed by atoms with Gasteiger partial charge in [-0.3, -0.25) is 32.8 Å². The van der Waals surface area contributed by atoms with Crippen LogP contribution in [0.5, 0.6) is 0 Å². The molecule has 2 saturated heterocycles. The predicted octanol–water partition coefficient (Wildman–Crippen LogP) is 8.82. The summed E-state index contributed by atoms with van der Waals surface area (Å²) in [7, 11) is -12.9. The second kappa shape index (κ2) is 24.2. The minimum Gasteiger partial charge on any atom is -0.408 e. The highest BCUT2D eigenvalue weighted by atomic mass is 32.5. The molecule has 2 aliphatic rings. The molecule has 0 aliphatic carbocycles. The molecule has 2 aliphatic heterocycles. The van der Waals surface area contributed by atoms with E-state index in [1.54, 1.807) is 30.3 Å². The Balaban J connectivity index is 1.29. The van der Waals surface area contributed by atoms with E-state index in [0.717, 1.165) is 21.0 Å². The zero-order valence-corrected chi connectivity index (χ0v) is 58.9. The van der Waals surface area contributed by atoms with Crippen molar-refractivity contribution in [3.63, 3.8) is 0 Å². The van der Waals surface area contributed by atoms with Gasteiger partial charge in [-0.25, -0.2) is 19.7 Å². The summed E-state index contributed by atoms with van der Waals surface area (Å²) in [5, 5.41) is 41.2. The number of amides is 1. The van der Waals surface area contributed by atoms with Gasteiger partial charge in [-0.2, -0.15) is 0 Å². The van der Waals surface area contributed by atoms with Gasteiger partial charge in [-0.05, 0) is 80.7 Å². The number of aliphatic hydroxyl groups excluding tert-OH is 1. The molecule has 10 atom stereocenters. The number of aromatic nitrogens is 6. The van der Waals surface area contributed by atoms with E-state index in [9.17, 15) is 34.6 Å². The molecule has 27 heteroatoms. The van der Waals surface area contributed by atoms with Gasteiger partial charge in [0, 0.05) is 17.8 Å². The summed E-state index contributed by atoms with van der Waals surface area (Å²) in [6.45, 7) is 30.7. The number of hydrogen-bond acceptors (Lipinski definition) is 17. The van der Waals surface area contributed by atoms with Crippen LogP contribution >= 0.6 is 6.72 Å². The molecule has 474 valence electrons. The molecule has 2 unspecified atom stereocenters. The lowest BCUT2D eigenvalue weighted by Gasteiger charge is -2.53. The first-order valence-corrected chi connectivity index (χ1v) is 42.5. The Morgan fingerprint density at radius 1 is 0.724 bits per heavy atom. The highest BCUT2D eigenvalue weighted by Gasteiger charge is 2.71. The fourth-order valence-electron chi connectivity index (χ4n) is 10.9. The van der Waals surface area contributed by atoms with Gasteiger partial charge in [0.25, 0.3) is 19.8 Å². The number of anilines is 1. The van der Waals surface area contributed by atoms with E-state index < -0.39 is 131 Å². The van der Waals surface area contributed by atoms with Crippen molar-refractivity contribution in [1.82, 2.24) is 29.1 Å². The van der Waals surface area contributed by atoms with Gasteiger partial charge in [-0.1, -0.05) is 175 Å². The maximum atomic E-state index is 14.1. The molecule has 1 amide bonds. The van der Waals surface area contributed by atoms with Gasteiger partial charge in [-0.15, -0.1) is 0 Å². The van der Waals surface area contributed by atoms with Crippen LogP contribution in [0.4, 0.5) is 5.82 Å². The molecule has 8 rings (SSSR count). The zero-order valence-electron chi connectivity index (χ0n) is 53.2. The van der Waals surface area contributed by atoms with Gasteiger partial charge in [0.15, 0.2) is 52.4 Å². The second-order valence-corrected chi connectivity index (χ2v) is 50.5. The number of nitrogens with zero attached hydrogens (tertiary/aromatic N) is 5. The lowest BCUT2D eigenvalue weighted by Crippen LogP contribution is -2.70. The van der Waals surface area contributed by atoms with E-state index in [4.69, 9.17) is 43.6 Å². The number of H-pyrrole nitrogens is 1. The summed E-state index contributed by atoms with van der Waals surface area (Å²) in [5.41, 5.74) is -1.11. The molecule has 0 radical (unpaired) electrons. The van der Waals surface area contributed by atoms with Crippen LogP contribution in [0.25, 0.3) is 11.2 Å². The number of nitrogens with one attached hydrogen (secondary N) is 2. The van der Waals surface area contributed by atoms with Gasteiger partial charge < -0.3 is 48.3 Å². The lowest BCUT2D eigenvalue weighted by molar-refractivity contribution is -0.237. The summed E-state index contributed by atoms with van der Waals surface area (Å²) in [6, 6.07) is 29.6. The number of rotatable bonds is 19. The standard InChI is InChI=1S/C60H88N7O14PSSi4/c1-55(2,3)84(13,14)60(73)47(80-86(17,18)57(7,8)9)45(77-53(60)66-35-34-43(68)64-54(66)71)51(70)78-82(74,83)81-59(72)46(79-85(15,16)56(4,5)6)42(36-75-87(58(10,11)12,40-30-24-20-25-31-40)41-32-26-21-27-33-41)76-52(59)67-38-63-44-48(61-37-62-49(44)67)65-50(69)39-28-22-19-23-29-39/h19-35,37-38,42,45-47,51-53,70,72-73H,36H2,1-18H3,(H,74,83)(H,64,68,71)(H,61,62,65,69)/t42-,45+,46-,47-,51?,52-,53-,59+,60+,82?/m1/s1. The van der Waals surface area contributed by atoms with E-state index in [0.29, 0.717) is 5.56 Å². The molecule has 0 bridgehead atoms. The van der Waals surface area contributed by atoms with Crippen LogP contribution in [-0.2, 0) is 43.6 Å². The predicted molar refractivity (Wildman–Crippen MR) is 348 cm³/mol. The number of aromatic amines is 1. The van der Waals surface area contributed by atoms with E-state index in [1.165, 1.54) is 23.4 Å². The second-order valence-electron chi connectivity index (χ2n) is 28.4.